The molecule has 0 saturated heterocycles. The Morgan fingerprint density at radius 2 is 1.77 bits per heavy atom. The van der Waals surface area contributed by atoms with Crippen molar-refractivity contribution in [1.29, 1.82) is 0 Å². The van der Waals surface area contributed by atoms with Crippen LogP contribution in [0, 0.1) is 0 Å². The average molecular weight is 425 g/mol. The highest BCUT2D eigenvalue weighted by atomic mass is 16.5. The molecular formula is C23H27N3O5. The maximum absolute atomic E-state index is 12.8. The van der Waals surface area contributed by atoms with Gasteiger partial charge in [-0.05, 0) is 24.1 Å². The summed E-state index contributed by atoms with van der Waals surface area (Å²) in [5.74, 6) is -0.471. The van der Waals surface area contributed by atoms with Gasteiger partial charge in [0.1, 0.15) is 12.4 Å². The molecule has 1 aliphatic heterocycles. The maximum atomic E-state index is 12.8. The molecule has 2 aromatic carbocycles. The van der Waals surface area contributed by atoms with E-state index in [-0.39, 0.29) is 36.5 Å². The Morgan fingerprint density at radius 1 is 1.06 bits per heavy atom. The molecule has 31 heavy (non-hydrogen) atoms. The third-order valence-corrected chi connectivity index (χ3v) is 5.41. The molecule has 0 spiro atoms. The van der Waals surface area contributed by atoms with Gasteiger partial charge in [-0.15, -0.1) is 0 Å². The van der Waals surface area contributed by atoms with Crippen LogP contribution in [0.5, 0.6) is 5.75 Å². The van der Waals surface area contributed by atoms with Crippen LogP contribution >= 0.6 is 0 Å². The topological polar surface area (TPSA) is 117 Å². The zero-order chi connectivity index (χ0) is 22.4. The van der Waals surface area contributed by atoms with E-state index in [0.717, 1.165) is 5.56 Å². The third-order valence-electron chi connectivity index (χ3n) is 5.41. The lowest BCUT2D eigenvalue weighted by Gasteiger charge is -2.26. The molecule has 0 bridgehead atoms. The van der Waals surface area contributed by atoms with Crippen molar-refractivity contribution in [2.75, 3.05) is 33.4 Å². The first-order chi connectivity index (χ1) is 14.9. The molecule has 164 valence electrons. The molecule has 0 aromatic heterocycles. The van der Waals surface area contributed by atoms with E-state index in [9.17, 15) is 19.5 Å². The van der Waals surface area contributed by atoms with Gasteiger partial charge in [0.2, 0.25) is 5.91 Å². The summed E-state index contributed by atoms with van der Waals surface area (Å²) < 4.78 is 5.89. The van der Waals surface area contributed by atoms with Crippen molar-refractivity contribution in [3.05, 3.63) is 64.7 Å². The molecule has 1 aliphatic rings. The Balaban J connectivity index is 1.95. The highest BCUT2D eigenvalue weighted by Crippen LogP contribution is 2.45. The zero-order valence-electron chi connectivity index (χ0n) is 17.7. The van der Waals surface area contributed by atoms with E-state index in [2.05, 4.69) is 16.0 Å². The van der Waals surface area contributed by atoms with Gasteiger partial charge in [-0.1, -0.05) is 30.3 Å². The van der Waals surface area contributed by atoms with Crippen molar-refractivity contribution >= 4 is 17.7 Å². The number of aliphatic hydroxyl groups excluding tert-OH is 1. The van der Waals surface area contributed by atoms with Crippen LogP contribution in [0.4, 0.5) is 0 Å². The number of fused-ring (bicyclic) bond motifs is 1. The summed E-state index contributed by atoms with van der Waals surface area (Å²) in [6, 6.07) is 12.6. The van der Waals surface area contributed by atoms with Gasteiger partial charge in [0.05, 0.1) is 17.6 Å². The molecule has 0 fully saturated rings. The Hall–Kier alpha value is -3.39. The van der Waals surface area contributed by atoms with E-state index in [1.807, 2.05) is 30.3 Å². The lowest BCUT2D eigenvalue weighted by Crippen LogP contribution is -2.34. The minimum Gasteiger partial charge on any atom is -0.491 e. The summed E-state index contributed by atoms with van der Waals surface area (Å²) in [5.41, 5.74) is 1.12. The Bertz CT molecular complexity index is 977. The van der Waals surface area contributed by atoms with E-state index in [1.165, 1.54) is 20.0 Å². The minimum atomic E-state index is -0.874. The van der Waals surface area contributed by atoms with Crippen LogP contribution in [0.3, 0.4) is 0 Å². The van der Waals surface area contributed by atoms with Gasteiger partial charge in [-0.25, -0.2) is 0 Å². The SMILES string of the molecule is CNC(=O)c1cc(C(=O)NCCCNC(C)=O)cc2c1OCC2(CO)c1ccccc1. The Labute approximate surface area is 181 Å². The van der Waals surface area contributed by atoms with E-state index in [1.54, 1.807) is 6.07 Å². The molecular weight excluding hydrogens is 398 g/mol. The molecule has 3 rings (SSSR count). The van der Waals surface area contributed by atoms with Crippen LogP contribution in [0.1, 0.15) is 45.2 Å². The Morgan fingerprint density at radius 3 is 2.42 bits per heavy atom. The molecule has 1 heterocycles. The number of ether oxygens (including phenoxy) is 1. The van der Waals surface area contributed by atoms with Crippen LogP contribution in [0.25, 0.3) is 0 Å². The smallest absolute Gasteiger partial charge is 0.254 e. The first kappa shape index (κ1) is 22.3. The van der Waals surface area contributed by atoms with Crippen LogP contribution in [0.2, 0.25) is 0 Å². The molecule has 3 amide bonds. The van der Waals surface area contributed by atoms with Crippen molar-refractivity contribution in [3.8, 4) is 5.75 Å². The largest absolute Gasteiger partial charge is 0.491 e. The number of aliphatic hydroxyl groups is 1. The molecule has 4 N–H and O–H groups in total. The van der Waals surface area contributed by atoms with Gasteiger partial charge in [0.25, 0.3) is 11.8 Å². The normalized spacial score (nSPS) is 16.7. The van der Waals surface area contributed by atoms with Gasteiger partial charge >= 0.3 is 0 Å². The predicted molar refractivity (Wildman–Crippen MR) is 115 cm³/mol. The van der Waals surface area contributed by atoms with Gasteiger partial charge in [0, 0.05) is 38.2 Å². The molecule has 8 nitrogen and oxygen atoms in total. The minimum absolute atomic E-state index is 0.124. The first-order valence-electron chi connectivity index (χ1n) is 10.2. The van der Waals surface area contributed by atoms with Crippen LogP contribution < -0.4 is 20.7 Å². The third kappa shape index (κ3) is 4.54. The first-order valence-corrected chi connectivity index (χ1v) is 10.2. The summed E-state index contributed by atoms with van der Waals surface area (Å²) in [6.07, 6.45) is 0.576. The number of carbonyl (C=O) groups is 3. The van der Waals surface area contributed by atoms with Crippen molar-refractivity contribution < 1.29 is 24.2 Å². The summed E-state index contributed by atoms with van der Waals surface area (Å²) in [4.78, 5) is 36.3. The van der Waals surface area contributed by atoms with E-state index in [0.29, 0.717) is 36.4 Å². The highest BCUT2D eigenvalue weighted by molar-refractivity contribution is 6.02. The van der Waals surface area contributed by atoms with Crippen LogP contribution in [-0.2, 0) is 10.2 Å². The zero-order valence-corrected chi connectivity index (χ0v) is 17.7. The lowest BCUT2D eigenvalue weighted by molar-refractivity contribution is -0.118. The molecule has 1 unspecified atom stereocenters. The summed E-state index contributed by atoms with van der Waals surface area (Å²) >= 11 is 0. The number of hydrogen-bond donors (Lipinski definition) is 4. The molecule has 0 radical (unpaired) electrons. The average Bonchev–Trinajstić information content (AvgIpc) is 3.17. The van der Waals surface area contributed by atoms with Crippen molar-refractivity contribution in [3.63, 3.8) is 0 Å². The number of amides is 3. The van der Waals surface area contributed by atoms with E-state index in [4.69, 9.17) is 4.74 Å². The van der Waals surface area contributed by atoms with Gasteiger partial charge in [0.15, 0.2) is 0 Å². The summed E-state index contributed by atoms with van der Waals surface area (Å²) in [7, 11) is 1.51. The monoisotopic (exact) mass is 425 g/mol. The van der Waals surface area contributed by atoms with Crippen molar-refractivity contribution in [1.82, 2.24) is 16.0 Å². The lowest BCUT2D eigenvalue weighted by atomic mass is 9.76. The second-order valence-electron chi connectivity index (χ2n) is 7.47. The number of hydrogen-bond acceptors (Lipinski definition) is 5. The molecule has 0 saturated carbocycles. The molecule has 1 atom stereocenters. The predicted octanol–water partition coefficient (Wildman–Crippen LogP) is 0.973. The summed E-state index contributed by atoms with van der Waals surface area (Å²) in [6.45, 7) is 2.18. The Kier molecular flexibility index (Phi) is 6.91. The standard InChI is InChI=1S/C23H27N3O5/c1-15(28)25-9-6-10-26-21(29)16-11-18(22(30)24-2)20-19(12-16)23(13-27,14-31-20)17-7-4-3-5-8-17/h3-5,7-8,11-12,27H,6,9-10,13-14H2,1-2H3,(H,24,30)(H,25,28)(H,26,29). The number of carbonyl (C=O) groups excluding carboxylic acids is 3. The van der Waals surface area contributed by atoms with Gasteiger partial charge in [-0.2, -0.15) is 0 Å². The van der Waals surface area contributed by atoms with E-state index < -0.39 is 5.41 Å². The fourth-order valence-corrected chi connectivity index (χ4v) is 3.72. The second kappa shape index (κ2) is 9.61. The number of nitrogens with one attached hydrogen (secondary N) is 3. The van der Waals surface area contributed by atoms with Gasteiger partial charge < -0.3 is 25.8 Å². The van der Waals surface area contributed by atoms with E-state index >= 15 is 0 Å². The van der Waals surface area contributed by atoms with Crippen molar-refractivity contribution in [2.24, 2.45) is 0 Å². The van der Waals surface area contributed by atoms with Crippen LogP contribution in [-0.4, -0.2) is 56.2 Å². The van der Waals surface area contributed by atoms with Crippen LogP contribution in [0.15, 0.2) is 42.5 Å². The highest BCUT2D eigenvalue weighted by Gasteiger charge is 2.44. The fraction of sp³-hybridized carbons (Fsp3) is 0.348. The quantitative estimate of drug-likeness (QED) is 0.471. The molecule has 8 heteroatoms. The van der Waals surface area contributed by atoms with Crippen molar-refractivity contribution in [2.45, 2.75) is 18.8 Å². The maximum Gasteiger partial charge on any atom is 0.254 e. The fourth-order valence-electron chi connectivity index (χ4n) is 3.72. The number of benzene rings is 2. The molecule has 0 aliphatic carbocycles. The summed E-state index contributed by atoms with van der Waals surface area (Å²) in [5, 5.41) is 18.4. The second-order valence-corrected chi connectivity index (χ2v) is 7.47. The van der Waals surface area contributed by atoms with Gasteiger partial charge in [-0.3, -0.25) is 14.4 Å². The molecule has 2 aromatic rings. The number of rotatable bonds is 8.